The molecular formula is C12H18N2O3S. The lowest BCUT2D eigenvalue weighted by atomic mass is 10.3. The van der Waals surface area contributed by atoms with E-state index in [-0.39, 0.29) is 24.6 Å². The molecule has 0 aliphatic rings. The summed E-state index contributed by atoms with van der Waals surface area (Å²) in [7, 11) is -1.81. The van der Waals surface area contributed by atoms with Gasteiger partial charge < -0.3 is 10.4 Å². The Morgan fingerprint density at radius 2 is 2.00 bits per heavy atom. The first-order valence-electron chi connectivity index (χ1n) is 5.56. The van der Waals surface area contributed by atoms with E-state index in [0.717, 1.165) is 5.69 Å². The molecule has 0 heterocycles. The van der Waals surface area contributed by atoms with Crippen molar-refractivity contribution in [1.29, 1.82) is 0 Å². The molecule has 2 N–H and O–H groups in total. The van der Waals surface area contributed by atoms with Crippen LogP contribution in [0.5, 0.6) is 0 Å². The van der Waals surface area contributed by atoms with E-state index in [9.17, 15) is 8.42 Å². The normalized spacial score (nSPS) is 11.5. The maximum absolute atomic E-state index is 12.3. The number of aliphatic hydroxyl groups excluding tert-OH is 1. The van der Waals surface area contributed by atoms with Crippen molar-refractivity contribution in [2.45, 2.75) is 4.90 Å². The molecule has 0 unspecified atom stereocenters. The first-order valence-corrected chi connectivity index (χ1v) is 7.00. The van der Waals surface area contributed by atoms with E-state index in [4.69, 9.17) is 5.11 Å². The third kappa shape index (κ3) is 3.32. The molecule has 0 radical (unpaired) electrons. The average molecular weight is 270 g/mol. The van der Waals surface area contributed by atoms with E-state index in [1.807, 2.05) is 0 Å². The molecule has 5 nitrogen and oxygen atoms in total. The smallest absolute Gasteiger partial charge is 0.243 e. The predicted octanol–water partition coefficient (Wildman–Crippen LogP) is 0.897. The summed E-state index contributed by atoms with van der Waals surface area (Å²) in [4.78, 5) is 0.205. The van der Waals surface area contributed by atoms with Crippen molar-refractivity contribution >= 4 is 15.7 Å². The number of aliphatic hydroxyl groups is 1. The van der Waals surface area contributed by atoms with Crippen molar-refractivity contribution in [3.63, 3.8) is 0 Å². The zero-order valence-electron chi connectivity index (χ0n) is 10.3. The Labute approximate surface area is 108 Å². The minimum Gasteiger partial charge on any atom is -0.395 e. The van der Waals surface area contributed by atoms with E-state index in [0.29, 0.717) is 0 Å². The van der Waals surface area contributed by atoms with Gasteiger partial charge in [0.25, 0.3) is 0 Å². The van der Waals surface area contributed by atoms with E-state index in [2.05, 4.69) is 11.9 Å². The van der Waals surface area contributed by atoms with Crippen molar-refractivity contribution in [3.8, 4) is 0 Å². The maximum Gasteiger partial charge on any atom is 0.243 e. The monoisotopic (exact) mass is 270 g/mol. The minimum atomic E-state index is -3.58. The van der Waals surface area contributed by atoms with Gasteiger partial charge in [-0.25, -0.2) is 8.42 Å². The van der Waals surface area contributed by atoms with E-state index >= 15 is 0 Å². The summed E-state index contributed by atoms with van der Waals surface area (Å²) >= 11 is 0. The number of nitrogens with one attached hydrogen (secondary N) is 1. The van der Waals surface area contributed by atoms with Crippen LogP contribution in [0.3, 0.4) is 0 Å². The minimum absolute atomic E-state index is 0.0577. The largest absolute Gasteiger partial charge is 0.395 e. The lowest BCUT2D eigenvalue weighted by Gasteiger charge is -2.19. The number of nitrogens with zero attached hydrogens (tertiary/aromatic N) is 1. The van der Waals surface area contributed by atoms with Crippen LogP contribution in [0.15, 0.2) is 41.8 Å². The number of anilines is 1. The Morgan fingerprint density at radius 3 is 2.44 bits per heavy atom. The van der Waals surface area contributed by atoms with Crippen LogP contribution in [0.1, 0.15) is 0 Å². The summed E-state index contributed by atoms with van der Waals surface area (Å²) in [5, 5.41) is 11.8. The number of benzene rings is 1. The standard InChI is InChI=1S/C12H18N2O3S/c1-3-8-14(9-10-15)18(16,17)12-6-4-11(13-2)5-7-12/h3-7,13,15H,1,8-10H2,2H3. The molecule has 0 aliphatic carbocycles. The van der Waals surface area contributed by atoms with Gasteiger partial charge in [0.1, 0.15) is 0 Å². The summed E-state index contributed by atoms with van der Waals surface area (Å²) in [6.07, 6.45) is 1.50. The fraction of sp³-hybridized carbons (Fsp3) is 0.333. The molecule has 100 valence electrons. The van der Waals surface area contributed by atoms with Crippen LogP contribution < -0.4 is 5.32 Å². The van der Waals surface area contributed by atoms with E-state index < -0.39 is 10.0 Å². The third-order valence-electron chi connectivity index (χ3n) is 2.46. The maximum atomic E-state index is 12.3. The highest BCUT2D eigenvalue weighted by atomic mass is 32.2. The Kier molecular flexibility index (Phi) is 5.33. The predicted molar refractivity (Wildman–Crippen MR) is 72.0 cm³/mol. The molecule has 1 aromatic carbocycles. The second-order valence-corrected chi connectivity index (χ2v) is 5.59. The van der Waals surface area contributed by atoms with E-state index in [1.165, 1.54) is 22.5 Å². The zero-order chi connectivity index (χ0) is 13.6. The van der Waals surface area contributed by atoms with Gasteiger partial charge in [0, 0.05) is 25.8 Å². The second-order valence-electron chi connectivity index (χ2n) is 3.65. The Hall–Kier alpha value is -1.37. The molecule has 0 fully saturated rings. The molecule has 0 aromatic heterocycles. The molecule has 0 amide bonds. The number of rotatable bonds is 7. The molecule has 0 aliphatic heterocycles. The van der Waals surface area contributed by atoms with Crippen LogP contribution >= 0.6 is 0 Å². The highest BCUT2D eigenvalue weighted by molar-refractivity contribution is 7.89. The van der Waals surface area contributed by atoms with Gasteiger partial charge in [-0.05, 0) is 24.3 Å². The van der Waals surface area contributed by atoms with Crippen LogP contribution in [0.4, 0.5) is 5.69 Å². The summed E-state index contributed by atoms with van der Waals surface area (Å²) in [6, 6.07) is 6.46. The van der Waals surface area contributed by atoms with Crippen LogP contribution in [-0.2, 0) is 10.0 Å². The molecule has 0 saturated heterocycles. The van der Waals surface area contributed by atoms with Crippen molar-refractivity contribution in [2.24, 2.45) is 0 Å². The topological polar surface area (TPSA) is 69.6 Å². The van der Waals surface area contributed by atoms with Crippen LogP contribution in [-0.4, -0.2) is 44.6 Å². The molecular weight excluding hydrogens is 252 g/mol. The SMILES string of the molecule is C=CCN(CCO)S(=O)(=O)c1ccc(NC)cc1. The Balaban J connectivity index is 3.04. The van der Waals surface area contributed by atoms with Gasteiger partial charge in [-0.3, -0.25) is 0 Å². The number of sulfonamides is 1. The molecule has 18 heavy (non-hydrogen) atoms. The fourth-order valence-corrected chi connectivity index (χ4v) is 2.91. The van der Waals surface area contributed by atoms with Gasteiger partial charge >= 0.3 is 0 Å². The van der Waals surface area contributed by atoms with Crippen LogP contribution in [0.25, 0.3) is 0 Å². The van der Waals surface area contributed by atoms with Gasteiger partial charge in [-0.1, -0.05) is 6.08 Å². The lowest BCUT2D eigenvalue weighted by Crippen LogP contribution is -2.33. The summed E-state index contributed by atoms with van der Waals surface area (Å²) in [5.41, 5.74) is 0.839. The van der Waals surface area contributed by atoms with Gasteiger partial charge in [0.05, 0.1) is 11.5 Å². The van der Waals surface area contributed by atoms with Crippen LogP contribution in [0.2, 0.25) is 0 Å². The molecule has 0 bridgehead atoms. The molecule has 1 rings (SSSR count). The highest BCUT2D eigenvalue weighted by Gasteiger charge is 2.22. The fourth-order valence-electron chi connectivity index (χ4n) is 1.51. The van der Waals surface area contributed by atoms with Crippen molar-refractivity contribution in [1.82, 2.24) is 4.31 Å². The molecule has 6 heteroatoms. The van der Waals surface area contributed by atoms with Gasteiger partial charge in [-0.2, -0.15) is 4.31 Å². The number of hydrogen-bond acceptors (Lipinski definition) is 4. The van der Waals surface area contributed by atoms with Crippen molar-refractivity contribution < 1.29 is 13.5 Å². The summed E-state index contributed by atoms with van der Waals surface area (Å²) in [6.45, 7) is 3.53. The first-order chi connectivity index (χ1) is 8.56. The second kappa shape index (κ2) is 6.53. The molecule has 0 saturated carbocycles. The summed E-state index contributed by atoms with van der Waals surface area (Å²) in [5.74, 6) is 0. The lowest BCUT2D eigenvalue weighted by molar-refractivity contribution is 0.260. The average Bonchev–Trinajstić information content (AvgIpc) is 2.38. The van der Waals surface area contributed by atoms with Crippen molar-refractivity contribution in [2.75, 3.05) is 32.1 Å². The number of hydrogen-bond donors (Lipinski definition) is 2. The zero-order valence-corrected chi connectivity index (χ0v) is 11.2. The van der Waals surface area contributed by atoms with Gasteiger partial charge in [0.15, 0.2) is 0 Å². The molecule has 1 aromatic rings. The quantitative estimate of drug-likeness (QED) is 0.722. The van der Waals surface area contributed by atoms with E-state index in [1.54, 1.807) is 19.2 Å². The third-order valence-corrected chi connectivity index (χ3v) is 4.34. The summed E-state index contributed by atoms with van der Waals surface area (Å²) < 4.78 is 25.7. The first kappa shape index (κ1) is 14.7. The Bertz CT molecular complexity index is 483. The van der Waals surface area contributed by atoms with Gasteiger partial charge in [-0.15, -0.1) is 6.58 Å². The Morgan fingerprint density at radius 1 is 1.39 bits per heavy atom. The van der Waals surface area contributed by atoms with Gasteiger partial charge in [0.2, 0.25) is 10.0 Å². The highest BCUT2D eigenvalue weighted by Crippen LogP contribution is 2.17. The van der Waals surface area contributed by atoms with Crippen LogP contribution in [0, 0.1) is 0 Å². The molecule has 0 spiro atoms. The van der Waals surface area contributed by atoms with Crippen molar-refractivity contribution in [3.05, 3.63) is 36.9 Å². The molecule has 0 atom stereocenters.